The molecule has 1 saturated heterocycles. The first kappa shape index (κ1) is 26.2. The standard InChI is InChI=1S/C27H32N2O8/c1-31-21-9-18(10-22(14-21)32-2)27(30)29(16-20-7-6-8-36-20)15-19-13-23(37-28-19)17-11-24(33-3)26(35-5)25(12-17)34-4/h9-14,20H,6-8,15-16H2,1-5H3/t20-/m1/s1. The molecular weight excluding hydrogens is 480 g/mol. The summed E-state index contributed by atoms with van der Waals surface area (Å²) in [6.07, 6.45) is 1.81. The van der Waals surface area contributed by atoms with Crippen LogP contribution in [0.3, 0.4) is 0 Å². The van der Waals surface area contributed by atoms with Crippen LogP contribution in [0.1, 0.15) is 28.9 Å². The van der Waals surface area contributed by atoms with Crippen LogP contribution in [0.2, 0.25) is 0 Å². The van der Waals surface area contributed by atoms with Crippen LogP contribution in [0.5, 0.6) is 28.7 Å². The van der Waals surface area contributed by atoms with Gasteiger partial charge in [-0.1, -0.05) is 5.16 Å². The number of carbonyl (C=O) groups excluding carboxylic acids is 1. The van der Waals surface area contributed by atoms with E-state index >= 15 is 0 Å². The van der Waals surface area contributed by atoms with Crippen molar-refractivity contribution in [2.45, 2.75) is 25.5 Å². The van der Waals surface area contributed by atoms with Crippen molar-refractivity contribution in [3.63, 3.8) is 0 Å². The Labute approximate surface area is 215 Å². The number of rotatable bonds is 11. The molecule has 0 N–H and O–H groups in total. The lowest BCUT2D eigenvalue weighted by atomic mass is 10.1. The van der Waals surface area contributed by atoms with Crippen LogP contribution in [0, 0.1) is 0 Å². The molecule has 0 radical (unpaired) electrons. The molecule has 1 atom stereocenters. The molecule has 0 spiro atoms. The molecule has 3 aromatic rings. The molecule has 37 heavy (non-hydrogen) atoms. The third-order valence-electron chi connectivity index (χ3n) is 6.19. The monoisotopic (exact) mass is 512 g/mol. The molecule has 0 bridgehead atoms. The number of benzene rings is 2. The first-order chi connectivity index (χ1) is 18.0. The minimum Gasteiger partial charge on any atom is -0.497 e. The van der Waals surface area contributed by atoms with Crippen LogP contribution >= 0.6 is 0 Å². The van der Waals surface area contributed by atoms with Crippen LogP contribution in [0.25, 0.3) is 11.3 Å². The molecule has 1 aliphatic heterocycles. The van der Waals surface area contributed by atoms with Crippen LogP contribution in [0.4, 0.5) is 0 Å². The maximum atomic E-state index is 13.6. The molecule has 10 nitrogen and oxygen atoms in total. The number of amides is 1. The summed E-state index contributed by atoms with van der Waals surface area (Å²) in [6, 6.07) is 10.5. The summed E-state index contributed by atoms with van der Waals surface area (Å²) in [4.78, 5) is 15.4. The van der Waals surface area contributed by atoms with Crippen molar-refractivity contribution >= 4 is 5.91 Å². The van der Waals surface area contributed by atoms with Gasteiger partial charge in [-0.05, 0) is 37.1 Å². The minimum absolute atomic E-state index is 0.0436. The quantitative estimate of drug-likeness (QED) is 0.374. The minimum atomic E-state index is -0.190. The Balaban J connectivity index is 1.62. The highest BCUT2D eigenvalue weighted by Crippen LogP contribution is 2.41. The van der Waals surface area contributed by atoms with Crippen molar-refractivity contribution in [3.8, 4) is 40.1 Å². The largest absolute Gasteiger partial charge is 0.497 e. The van der Waals surface area contributed by atoms with Gasteiger partial charge in [0.2, 0.25) is 5.75 Å². The van der Waals surface area contributed by atoms with Gasteiger partial charge in [0, 0.05) is 36.4 Å². The molecule has 4 rings (SSSR count). The zero-order valence-corrected chi connectivity index (χ0v) is 21.7. The predicted molar refractivity (Wildman–Crippen MR) is 135 cm³/mol. The van der Waals surface area contributed by atoms with Crippen molar-refractivity contribution in [1.82, 2.24) is 10.1 Å². The zero-order valence-electron chi connectivity index (χ0n) is 21.7. The van der Waals surface area contributed by atoms with Crippen molar-refractivity contribution in [2.75, 3.05) is 48.7 Å². The predicted octanol–water partition coefficient (Wildman–Crippen LogP) is 4.21. The summed E-state index contributed by atoms with van der Waals surface area (Å²) in [7, 11) is 7.74. The van der Waals surface area contributed by atoms with Gasteiger partial charge in [-0.3, -0.25) is 4.79 Å². The second kappa shape index (κ2) is 11.9. The second-order valence-corrected chi connectivity index (χ2v) is 8.52. The topological polar surface area (TPSA) is 102 Å². The molecule has 1 aromatic heterocycles. The third-order valence-corrected chi connectivity index (χ3v) is 6.19. The summed E-state index contributed by atoms with van der Waals surface area (Å²) >= 11 is 0. The number of hydrogen-bond donors (Lipinski definition) is 0. The molecule has 1 aliphatic rings. The average Bonchev–Trinajstić information content (AvgIpc) is 3.63. The fraction of sp³-hybridized carbons (Fsp3) is 0.407. The van der Waals surface area contributed by atoms with Gasteiger partial charge in [0.25, 0.3) is 5.91 Å². The molecule has 1 amide bonds. The molecule has 2 aromatic carbocycles. The van der Waals surface area contributed by atoms with E-state index in [0.717, 1.165) is 12.8 Å². The summed E-state index contributed by atoms with van der Waals surface area (Å²) in [5, 5.41) is 4.23. The Hall–Kier alpha value is -3.92. The molecule has 10 heteroatoms. The lowest BCUT2D eigenvalue weighted by molar-refractivity contribution is 0.0502. The molecule has 1 fully saturated rings. The second-order valence-electron chi connectivity index (χ2n) is 8.52. The van der Waals surface area contributed by atoms with Crippen LogP contribution < -0.4 is 23.7 Å². The molecule has 0 saturated carbocycles. The van der Waals surface area contributed by atoms with Crippen LogP contribution in [-0.2, 0) is 11.3 Å². The van der Waals surface area contributed by atoms with Crippen molar-refractivity contribution < 1.29 is 37.7 Å². The van der Waals surface area contributed by atoms with E-state index in [9.17, 15) is 4.79 Å². The van der Waals surface area contributed by atoms with Gasteiger partial charge in [0.1, 0.15) is 17.2 Å². The van der Waals surface area contributed by atoms with Gasteiger partial charge in [-0.2, -0.15) is 0 Å². The van der Waals surface area contributed by atoms with Gasteiger partial charge in [-0.15, -0.1) is 0 Å². The van der Waals surface area contributed by atoms with E-state index in [-0.39, 0.29) is 18.6 Å². The van der Waals surface area contributed by atoms with E-state index in [4.69, 9.17) is 32.9 Å². The highest BCUT2D eigenvalue weighted by Gasteiger charge is 2.26. The zero-order chi connectivity index (χ0) is 26.4. The molecule has 0 aliphatic carbocycles. The maximum Gasteiger partial charge on any atom is 0.254 e. The maximum absolute atomic E-state index is 13.6. The molecule has 0 unspecified atom stereocenters. The molecule has 198 valence electrons. The highest BCUT2D eigenvalue weighted by atomic mass is 16.5. The first-order valence-corrected chi connectivity index (χ1v) is 11.9. The Morgan fingerprint density at radius 3 is 2.14 bits per heavy atom. The van der Waals surface area contributed by atoms with Crippen molar-refractivity contribution in [1.29, 1.82) is 0 Å². The Morgan fingerprint density at radius 2 is 1.59 bits per heavy atom. The van der Waals surface area contributed by atoms with Crippen LogP contribution in [0.15, 0.2) is 40.9 Å². The van der Waals surface area contributed by atoms with Crippen molar-refractivity contribution in [2.24, 2.45) is 0 Å². The SMILES string of the molecule is COc1cc(OC)cc(C(=O)N(Cc2cc(-c3cc(OC)c(OC)c(OC)c3)on2)C[C@H]2CCCO2)c1. The van der Waals surface area contributed by atoms with Gasteiger partial charge in [-0.25, -0.2) is 0 Å². The summed E-state index contributed by atoms with van der Waals surface area (Å²) in [5.41, 5.74) is 1.73. The molecule has 2 heterocycles. The third kappa shape index (κ3) is 5.91. The lowest BCUT2D eigenvalue weighted by Crippen LogP contribution is -2.37. The first-order valence-electron chi connectivity index (χ1n) is 11.9. The normalized spacial score (nSPS) is 14.8. The Morgan fingerprint density at radius 1 is 0.919 bits per heavy atom. The van der Waals surface area contributed by atoms with E-state index < -0.39 is 0 Å². The fourth-order valence-corrected chi connectivity index (χ4v) is 4.31. The van der Waals surface area contributed by atoms with Gasteiger partial charge >= 0.3 is 0 Å². The summed E-state index contributed by atoms with van der Waals surface area (Å²) < 4.78 is 38.5. The number of ether oxygens (including phenoxy) is 6. The number of methoxy groups -OCH3 is 5. The van der Waals surface area contributed by atoms with E-state index in [1.807, 2.05) is 0 Å². The van der Waals surface area contributed by atoms with Gasteiger partial charge < -0.3 is 37.8 Å². The number of hydrogen-bond acceptors (Lipinski definition) is 9. The number of nitrogens with zero attached hydrogens (tertiary/aromatic N) is 2. The smallest absolute Gasteiger partial charge is 0.254 e. The number of aromatic nitrogens is 1. The van der Waals surface area contributed by atoms with Crippen molar-refractivity contribution in [3.05, 3.63) is 47.7 Å². The van der Waals surface area contributed by atoms with E-state index in [0.29, 0.717) is 64.5 Å². The van der Waals surface area contributed by atoms with Crippen LogP contribution in [-0.4, -0.2) is 70.8 Å². The lowest BCUT2D eigenvalue weighted by Gasteiger charge is -2.25. The number of carbonyl (C=O) groups is 1. The van der Waals surface area contributed by atoms with Gasteiger partial charge in [0.15, 0.2) is 17.3 Å². The fourth-order valence-electron chi connectivity index (χ4n) is 4.31. The van der Waals surface area contributed by atoms with E-state index in [1.165, 1.54) is 0 Å². The average molecular weight is 513 g/mol. The Bertz CT molecular complexity index is 1170. The Kier molecular flexibility index (Phi) is 8.39. The van der Waals surface area contributed by atoms with E-state index in [2.05, 4.69) is 5.16 Å². The van der Waals surface area contributed by atoms with E-state index in [1.54, 1.807) is 76.8 Å². The van der Waals surface area contributed by atoms with Gasteiger partial charge in [0.05, 0.1) is 48.2 Å². The summed E-state index contributed by atoms with van der Waals surface area (Å²) in [5.74, 6) is 2.85. The molecular formula is C27H32N2O8. The highest BCUT2D eigenvalue weighted by molar-refractivity contribution is 5.95. The summed E-state index contributed by atoms with van der Waals surface area (Å²) in [6.45, 7) is 1.34.